The van der Waals surface area contributed by atoms with E-state index in [0.717, 1.165) is 0 Å². The minimum atomic E-state index is -2.28. The lowest BCUT2D eigenvalue weighted by Gasteiger charge is -2.34. The molecular weight excluding hydrogens is 307 g/mol. The average Bonchev–Trinajstić information content (AvgIpc) is 2.00. The molecule has 0 aromatic carbocycles. The molecule has 0 aromatic heterocycles. The molecule has 8 heteroatoms. The van der Waals surface area contributed by atoms with Crippen molar-refractivity contribution in [2.45, 2.75) is 37.2 Å². The summed E-state index contributed by atoms with van der Waals surface area (Å²) in [7, 11) is -5.16. The second kappa shape index (κ2) is 6.39. The van der Waals surface area contributed by atoms with Crippen LogP contribution in [0.5, 0.6) is 0 Å². The van der Waals surface area contributed by atoms with Crippen LogP contribution in [0.3, 0.4) is 0 Å². The van der Waals surface area contributed by atoms with Gasteiger partial charge in [0.25, 0.3) is 0 Å². The van der Waals surface area contributed by atoms with Crippen molar-refractivity contribution in [2.24, 2.45) is 0 Å². The van der Waals surface area contributed by atoms with E-state index in [2.05, 4.69) is 19.6 Å². The number of hydrogen-bond donors (Lipinski definition) is 0. The van der Waals surface area contributed by atoms with Gasteiger partial charge in [0.2, 0.25) is 9.04 Å². The molecule has 0 amide bonds. The van der Waals surface area contributed by atoms with E-state index in [0.29, 0.717) is 5.50 Å². The van der Waals surface area contributed by atoms with E-state index in [4.69, 9.17) is 43.0 Å². The van der Waals surface area contributed by atoms with Crippen molar-refractivity contribution in [1.29, 1.82) is 0 Å². The summed E-state index contributed by atoms with van der Waals surface area (Å²) in [5.41, 5.74) is 0.416. The van der Waals surface area contributed by atoms with Gasteiger partial charge in [0, 0.05) is 0 Å². The summed E-state index contributed by atoms with van der Waals surface area (Å²) in [5, 5.41) is 0. The minimum Gasteiger partial charge on any atom is -0.436 e. The third kappa shape index (κ3) is 7.38. The fraction of sp³-hybridized carbons (Fsp3) is 1.00. The fourth-order valence-electron chi connectivity index (χ4n) is 1.11. The summed E-state index contributed by atoms with van der Waals surface area (Å²) in [4.78, 5) is 0. The molecule has 0 saturated carbocycles. The topological polar surface area (TPSA) is 18.5 Å². The number of alkyl halides is 3. The van der Waals surface area contributed by atoms with Gasteiger partial charge in [-0.25, -0.2) is 0 Å². The van der Waals surface area contributed by atoms with Gasteiger partial charge in [0.05, 0.1) is 5.50 Å². The molecule has 1 unspecified atom stereocenters. The van der Waals surface area contributed by atoms with Crippen LogP contribution in [-0.4, -0.2) is 35.9 Å². The Labute approximate surface area is 111 Å². The molecule has 0 saturated heterocycles. The second-order valence-electron chi connectivity index (χ2n) is 4.50. The standard InChI is InChI=1S/C7H18Cl3O2Si3/c1-13(7(9)10)11-15(5,6-8)12-14(2,3)4/h7H,6H2,1-5H3. The molecule has 0 fully saturated rings. The van der Waals surface area contributed by atoms with Crippen LogP contribution in [0, 0.1) is 0 Å². The lowest BCUT2D eigenvalue weighted by Crippen LogP contribution is -2.52. The van der Waals surface area contributed by atoms with Crippen molar-refractivity contribution in [3.05, 3.63) is 0 Å². The first kappa shape index (κ1) is 16.4. The smallest absolute Gasteiger partial charge is 0.329 e. The molecule has 0 aromatic rings. The zero-order chi connectivity index (χ0) is 12.3. The summed E-state index contributed by atoms with van der Waals surface area (Å²) in [6.07, 6.45) is 0. The van der Waals surface area contributed by atoms with Crippen molar-refractivity contribution in [1.82, 2.24) is 0 Å². The summed E-state index contributed by atoms with van der Waals surface area (Å²) in [6, 6.07) is 0. The highest BCUT2D eigenvalue weighted by Gasteiger charge is 2.38. The van der Waals surface area contributed by atoms with Crippen LogP contribution in [0.15, 0.2) is 0 Å². The van der Waals surface area contributed by atoms with Crippen LogP contribution in [0.2, 0.25) is 32.7 Å². The first-order valence-corrected chi connectivity index (χ1v) is 14.0. The van der Waals surface area contributed by atoms with E-state index in [1.807, 2.05) is 13.1 Å². The first-order chi connectivity index (χ1) is 6.59. The summed E-state index contributed by atoms with van der Waals surface area (Å²) in [6.45, 7) is 10.3. The molecule has 91 valence electrons. The Balaban J connectivity index is 4.44. The zero-order valence-electron chi connectivity index (χ0n) is 9.73. The number of halogens is 3. The third-order valence-corrected chi connectivity index (χ3v) is 13.0. The number of rotatable bonds is 6. The molecule has 0 aliphatic heterocycles. The lowest BCUT2D eigenvalue weighted by atomic mass is 11.8. The molecule has 0 heterocycles. The highest BCUT2D eigenvalue weighted by Crippen LogP contribution is 2.20. The van der Waals surface area contributed by atoms with Gasteiger partial charge in [-0.1, -0.05) is 0 Å². The van der Waals surface area contributed by atoms with Crippen LogP contribution in [-0.2, 0) is 8.23 Å². The summed E-state index contributed by atoms with van der Waals surface area (Å²) in [5.74, 6) is 0. The van der Waals surface area contributed by atoms with E-state index >= 15 is 0 Å². The molecule has 0 aliphatic carbocycles. The Morgan fingerprint density at radius 1 is 1.20 bits per heavy atom. The van der Waals surface area contributed by atoms with Gasteiger partial charge in [-0.05, 0) is 32.7 Å². The highest BCUT2D eigenvalue weighted by molar-refractivity contribution is 6.89. The van der Waals surface area contributed by atoms with Crippen LogP contribution in [0.1, 0.15) is 0 Å². The van der Waals surface area contributed by atoms with Crippen LogP contribution in [0.4, 0.5) is 0 Å². The Morgan fingerprint density at radius 2 is 1.67 bits per heavy atom. The summed E-state index contributed by atoms with van der Waals surface area (Å²) < 4.78 is 11.5. The first-order valence-electron chi connectivity index (χ1n) is 4.66. The fourth-order valence-corrected chi connectivity index (χ4v) is 12.1. The minimum absolute atomic E-state index is 0.416. The highest BCUT2D eigenvalue weighted by atomic mass is 35.5. The Morgan fingerprint density at radius 3 is 1.93 bits per heavy atom. The normalized spacial score (nSPS) is 17.2. The molecule has 0 N–H and O–H groups in total. The lowest BCUT2D eigenvalue weighted by molar-refractivity contribution is 0.401. The summed E-state index contributed by atoms with van der Waals surface area (Å²) >= 11 is 17.5. The van der Waals surface area contributed by atoms with E-state index < -0.39 is 30.4 Å². The van der Waals surface area contributed by atoms with Gasteiger partial charge in [-0.3, -0.25) is 0 Å². The molecular formula is C7H18Cl3O2Si3. The van der Waals surface area contributed by atoms with Crippen LogP contribution >= 0.6 is 34.8 Å². The van der Waals surface area contributed by atoms with Crippen molar-refractivity contribution in [3.63, 3.8) is 0 Å². The molecule has 15 heavy (non-hydrogen) atoms. The van der Waals surface area contributed by atoms with Gasteiger partial charge in [-0.2, -0.15) is 0 Å². The SMILES string of the molecule is C[Si](O[Si](C)(CCl)O[Si](C)(C)C)C(Cl)Cl. The molecule has 0 bridgehead atoms. The maximum Gasteiger partial charge on any atom is 0.329 e. The van der Waals surface area contributed by atoms with E-state index in [1.54, 1.807) is 0 Å². The van der Waals surface area contributed by atoms with E-state index in [1.165, 1.54) is 0 Å². The monoisotopic (exact) mass is 323 g/mol. The van der Waals surface area contributed by atoms with Crippen molar-refractivity contribution in [3.8, 4) is 0 Å². The molecule has 1 radical (unpaired) electrons. The third-order valence-electron chi connectivity index (χ3n) is 1.45. The van der Waals surface area contributed by atoms with Gasteiger partial charge in [-0.15, -0.1) is 34.8 Å². The Bertz CT molecular complexity index is 200. The van der Waals surface area contributed by atoms with Gasteiger partial charge in [0.15, 0.2) is 8.32 Å². The van der Waals surface area contributed by atoms with Crippen molar-refractivity contribution < 1.29 is 8.23 Å². The predicted molar refractivity (Wildman–Crippen MR) is 75.0 cm³/mol. The van der Waals surface area contributed by atoms with Crippen LogP contribution < -0.4 is 0 Å². The Hall–Kier alpha value is 1.44. The second-order valence-corrected chi connectivity index (χ2v) is 17.3. The van der Waals surface area contributed by atoms with Gasteiger partial charge < -0.3 is 8.23 Å². The molecule has 0 rings (SSSR count). The molecule has 0 spiro atoms. The molecule has 0 aliphatic rings. The Kier molecular flexibility index (Phi) is 7.01. The molecule has 1 atom stereocenters. The zero-order valence-corrected chi connectivity index (χ0v) is 15.0. The van der Waals surface area contributed by atoms with Crippen LogP contribution in [0.25, 0.3) is 0 Å². The van der Waals surface area contributed by atoms with Gasteiger partial charge in [0.1, 0.15) is 4.46 Å². The van der Waals surface area contributed by atoms with Gasteiger partial charge >= 0.3 is 8.56 Å². The van der Waals surface area contributed by atoms with Crippen molar-refractivity contribution >= 4 is 60.7 Å². The average molecular weight is 325 g/mol. The molecule has 2 nitrogen and oxygen atoms in total. The quantitative estimate of drug-likeness (QED) is 0.548. The van der Waals surface area contributed by atoms with E-state index in [-0.39, 0.29) is 0 Å². The predicted octanol–water partition coefficient (Wildman–Crippen LogP) is 3.67. The van der Waals surface area contributed by atoms with E-state index in [9.17, 15) is 0 Å². The van der Waals surface area contributed by atoms with Crippen molar-refractivity contribution in [2.75, 3.05) is 5.50 Å². The maximum absolute atomic E-state index is 6.03. The number of hydrogen-bond acceptors (Lipinski definition) is 2. The largest absolute Gasteiger partial charge is 0.436 e. The maximum atomic E-state index is 6.03.